The van der Waals surface area contributed by atoms with Crippen LogP contribution < -0.4 is 25.4 Å². The van der Waals surface area contributed by atoms with Crippen LogP contribution in [0.5, 0.6) is 11.6 Å². The molecule has 0 atom stereocenters. The maximum absolute atomic E-state index is 11.3. The largest absolute Gasteiger partial charge is 0.439 e. The van der Waals surface area contributed by atoms with Crippen molar-refractivity contribution < 1.29 is 13.2 Å². The van der Waals surface area contributed by atoms with Gasteiger partial charge in [0, 0.05) is 32.2 Å². The summed E-state index contributed by atoms with van der Waals surface area (Å²) in [5.41, 5.74) is 1.26. The SMILES string of the molecule is NS(=O)(=O)Cc1ccc(Oc2cc(CNc3ncc(Cl)cn3)nc(N3CCNCC3)n2)cc1. The van der Waals surface area contributed by atoms with Gasteiger partial charge < -0.3 is 20.3 Å². The average molecular weight is 491 g/mol. The van der Waals surface area contributed by atoms with Crippen LogP contribution in [0, 0.1) is 0 Å². The van der Waals surface area contributed by atoms with Crippen molar-refractivity contribution in [2.45, 2.75) is 12.3 Å². The van der Waals surface area contributed by atoms with Crippen molar-refractivity contribution in [3.05, 3.63) is 59.0 Å². The first kappa shape index (κ1) is 23.1. The molecule has 0 amide bonds. The van der Waals surface area contributed by atoms with Crippen molar-refractivity contribution >= 4 is 33.5 Å². The van der Waals surface area contributed by atoms with Crippen molar-refractivity contribution in [3.8, 4) is 11.6 Å². The predicted octanol–water partition coefficient (Wildman–Crippen LogP) is 1.52. The predicted molar refractivity (Wildman–Crippen MR) is 125 cm³/mol. The fraction of sp³-hybridized carbons (Fsp3) is 0.300. The highest BCUT2D eigenvalue weighted by Gasteiger charge is 2.16. The highest BCUT2D eigenvalue weighted by Crippen LogP contribution is 2.24. The number of nitrogens with one attached hydrogen (secondary N) is 2. The van der Waals surface area contributed by atoms with Crippen molar-refractivity contribution in [2.24, 2.45) is 5.14 Å². The van der Waals surface area contributed by atoms with E-state index in [9.17, 15) is 8.42 Å². The molecule has 1 aliphatic heterocycles. The van der Waals surface area contributed by atoms with E-state index in [4.69, 9.17) is 21.5 Å². The van der Waals surface area contributed by atoms with Crippen molar-refractivity contribution in [3.63, 3.8) is 0 Å². The topological polar surface area (TPSA) is 148 Å². The molecule has 0 aliphatic carbocycles. The summed E-state index contributed by atoms with van der Waals surface area (Å²) < 4.78 is 28.5. The van der Waals surface area contributed by atoms with E-state index in [0.29, 0.717) is 46.4 Å². The number of piperazine rings is 1. The quantitative estimate of drug-likeness (QED) is 0.424. The number of nitrogens with zero attached hydrogens (tertiary/aromatic N) is 5. The van der Waals surface area contributed by atoms with Crippen molar-refractivity contribution in [1.82, 2.24) is 25.3 Å². The first-order valence-electron chi connectivity index (χ1n) is 10.2. The molecular formula is C20H23ClN8O3S. The van der Waals surface area contributed by atoms with Crippen LogP contribution in [0.25, 0.3) is 0 Å². The third-order valence-electron chi connectivity index (χ3n) is 4.71. The lowest BCUT2D eigenvalue weighted by Gasteiger charge is -2.27. The molecule has 4 rings (SSSR count). The normalized spacial score (nSPS) is 14.2. The maximum atomic E-state index is 11.3. The van der Waals surface area contributed by atoms with Gasteiger partial charge in [-0.2, -0.15) is 4.98 Å². The number of ether oxygens (including phenoxy) is 1. The molecular weight excluding hydrogens is 468 g/mol. The van der Waals surface area contributed by atoms with Gasteiger partial charge in [0.25, 0.3) is 0 Å². The lowest BCUT2D eigenvalue weighted by Crippen LogP contribution is -2.44. The second-order valence-electron chi connectivity index (χ2n) is 7.37. The fourth-order valence-corrected chi connectivity index (χ4v) is 3.94. The third kappa shape index (κ3) is 6.96. The molecule has 1 fully saturated rings. The molecule has 1 aliphatic rings. The molecule has 4 N–H and O–H groups in total. The van der Waals surface area contributed by atoms with Crippen molar-refractivity contribution in [2.75, 3.05) is 36.4 Å². The van der Waals surface area contributed by atoms with E-state index in [1.54, 1.807) is 30.3 Å². The first-order valence-corrected chi connectivity index (χ1v) is 12.3. The smallest absolute Gasteiger partial charge is 0.229 e. The maximum Gasteiger partial charge on any atom is 0.229 e. The molecule has 13 heteroatoms. The van der Waals surface area contributed by atoms with E-state index in [2.05, 4.69) is 35.5 Å². The Morgan fingerprint density at radius 1 is 1.12 bits per heavy atom. The summed E-state index contributed by atoms with van der Waals surface area (Å²) in [5, 5.41) is 12.0. The Labute approximate surface area is 196 Å². The molecule has 0 spiro atoms. The molecule has 1 aromatic carbocycles. The zero-order chi connectivity index (χ0) is 23.3. The second kappa shape index (κ2) is 10.3. The van der Waals surface area contributed by atoms with Gasteiger partial charge in [0.2, 0.25) is 27.8 Å². The summed E-state index contributed by atoms with van der Waals surface area (Å²) in [6.45, 7) is 3.59. The number of anilines is 2. The summed E-state index contributed by atoms with van der Waals surface area (Å²) in [4.78, 5) is 19.6. The van der Waals surface area contributed by atoms with Crippen LogP contribution in [0.3, 0.4) is 0 Å². The number of halogens is 1. The monoisotopic (exact) mass is 490 g/mol. The van der Waals surface area contributed by atoms with Gasteiger partial charge in [-0.25, -0.2) is 28.5 Å². The summed E-state index contributed by atoms with van der Waals surface area (Å²) in [6, 6.07) is 8.38. The number of hydrogen-bond donors (Lipinski definition) is 3. The average Bonchev–Trinajstić information content (AvgIpc) is 2.79. The number of primary sulfonamides is 1. The number of hydrogen-bond acceptors (Lipinski definition) is 10. The van der Waals surface area contributed by atoms with Gasteiger partial charge >= 0.3 is 0 Å². The van der Waals surface area contributed by atoms with E-state index < -0.39 is 10.0 Å². The minimum Gasteiger partial charge on any atom is -0.439 e. The molecule has 1 saturated heterocycles. The van der Waals surface area contributed by atoms with Crippen LogP contribution in [0.1, 0.15) is 11.3 Å². The number of rotatable bonds is 8. The van der Waals surface area contributed by atoms with Crippen LogP contribution in [0.4, 0.5) is 11.9 Å². The highest BCUT2D eigenvalue weighted by atomic mass is 35.5. The molecule has 0 bridgehead atoms. The van der Waals surface area contributed by atoms with Crippen molar-refractivity contribution in [1.29, 1.82) is 0 Å². The molecule has 0 unspecified atom stereocenters. The molecule has 3 aromatic rings. The fourth-order valence-electron chi connectivity index (χ4n) is 3.19. The Morgan fingerprint density at radius 2 is 1.82 bits per heavy atom. The van der Waals surface area contributed by atoms with Gasteiger partial charge in [-0.3, -0.25) is 0 Å². The molecule has 11 nitrogen and oxygen atoms in total. The Balaban J connectivity index is 1.53. The Bertz CT molecular complexity index is 1190. The number of nitrogens with two attached hydrogens (primary N) is 1. The summed E-state index contributed by atoms with van der Waals surface area (Å²) >= 11 is 5.84. The van der Waals surface area contributed by atoms with Gasteiger partial charge in [-0.05, 0) is 17.7 Å². The van der Waals surface area contributed by atoms with Crippen LogP contribution in [0.2, 0.25) is 5.02 Å². The molecule has 2 aromatic heterocycles. The van der Waals surface area contributed by atoms with E-state index in [1.807, 2.05) is 0 Å². The second-order valence-corrected chi connectivity index (χ2v) is 9.42. The number of sulfonamides is 1. The summed E-state index contributed by atoms with van der Waals surface area (Å²) in [6.07, 6.45) is 3.02. The van der Waals surface area contributed by atoms with Gasteiger partial charge in [0.15, 0.2) is 0 Å². The van der Waals surface area contributed by atoms with Crippen LogP contribution in [0.15, 0.2) is 42.7 Å². The van der Waals surface area contributed by atoms with E-state index in [1.165, 1.54) is 12.4 Å². The number of benzene rings is 1. The number of aromatic nitrogens is 4. The molecule has 0 saturated carbocycles. The lowest BCUT2D eigenvalue weighted by molar-refractivity contribution is 0.458. The summed E-state index contributed by atoms with van der Waals surface area (Å²) in [5.74, 6) is 1.63. The highest BCUT2D eigenvalue weighted by molar-refractivity contribution is 7.88. The van der Waals surface area contributed by atoms with E-state index in [-0.39, 0.29) is 5.75 Å². The van der Waals surface area contributed by atoms with E-state index in [0.717, 1.165) is 26.2 Å². The van der Waals surface area contributed by atoms with Gasteiger partial charge in [0.05, 0.1) is 35.4 Å². The van der Waals surface area contributed by atoms with E-state index >= 15 is 0 Å². The third-order valence-corrected chi connectivity index (χ3v) is 5.64. The summed E-state index contributed by atoms with van der Waals surface area (Å²) in [7, 11) is -3.60. The Hall–Kier alpha value is -3.06. The lowest BCUT2D eigenvalue weighted by atomic mass is 10.2. The molecule has 3 heterocycles. The Morgan fingerprint density at radius 3 is 2.48 bits per heavy atom. The minimum absolute atomic E-state index is 0.240. The Kier molecular flexibility index (Phi) is 7.18. The van der Waals surface area contributed by atoms with Crippen LogP contribution in [-0.4, -0.2) is 54.5 Å². The van der Waals surface area contributed by atoms with Gasteiger partial charge in [-0.15, -0.1) is 0 Å². The van der Waals surface area contributed by atoms with Gasteiger partial charge in [-0.1, -0.05) is 23.7 Å². The molecule has 174 valence electrons. The minimum atomic E-state index is -3.60. The van der Waals surface area contributed by atoms with Gasteiger partial charge in [0.1, 0.15) is 5.75 Å². The van der Waals surface area contributed by atoms with Crippen LogP contribution >= 0.6 is 11.6 Å². The first-order chi connectivity index (χ1) is 15.8. The zero-order valence-electron chi connectivity index (χ0n) is 17.6. The molecule has 0 radical (unpaired) electrons. The van der Waals surface area contributed by atoms with Crippen LogP contribution in [-0.2, 0) is 22.3 Å². The molecule has 33 heavy (non-hydrogen) atoms. The standard InChI is InChI=1S/C20H23ClN8O3S/c21-15-10-24-19(25-11-15)26-12-16-9-18(28-20(27-16)29-7-5-23-6-8-29)32-17-3-1-14(2-4-17)13-33(22,30)31/h1-4,9-11,23H,5-8,12-13H2,(H2,22,30,31)(H,24,25,26). The zero-order valence-corrected chi connectivity index (χ0v) is 19.2.